The van der Waals surface area contributed by atoms with E-state index in [0.717, 1.165) is 38.6 Å². The summed E-state index contributed by atoms with van der Waals surface area (Å²) in [4.78, 5) is 18.7. The van der Waals surface area contributed by atoms with Crippen LogP contribution in [-0.4, -0.2) is 50.1 Å². The molecular formula is C20H29N3O2. The number of methoxy groups -OCH3 is 1. The second-order valence-electron chi connectivity index (χ2n) is 7.20. The van der Waals surface area contributed by atoms with Crippen molar-refractivity contribution in [1.82, 2.24) is 10.2 Å². The number of nitrogens with one attached hydrogen (secondary N) is 1. The Bertz CT molecular complexity index is 620. The summed E-state index contributed by atoms with van der Waals surface area (Å²) in [6.07, 6.45) is 6.34. The topological polar surface area (TPSA) is 53.9 Å². The molecule has 2 fully saturated rings. The molecule has 1 aliphatic heterocycles. The molecule has 2 aliphatic rings. The number of aliphatic imine (C=N–C) groups is 1. The summed E-state index contributed by atoms with van der Waals surface area (Å²) in [7, 11) is 1.40. The summed E-state index contributed by atoms with van der Waals surface area (Å²) in [5.41, 5.74) is 2.36. The Balaban J connectivity index is 1.56. The molecule has 0 aromatic heterocycles. The normalized spacial score (nSPS) is 19.0. The minimum absolute atomic E-state index is 0.294. The van der Waals surface area contributed by atoms with Crippen molar-refractivity contribution in [1.29, 1.82) is 0 Å². The van der Waals surface area contributed by atoms with Crippen molar-refractivity contribution in [3.63, 3.8) is 0 Å². The summed E-state index contributed by atoms with van der Waals surface area (Å²) >= 11 is 0. The van der Waals surface area contributed by atoms with Crippen LogP contribution in [0.15, 0.2) is 29.3 Å². The molecule has 25 heavy (non-hydrogen) atoms. The number of carbonyl (C=O) groups excluding carboxylic acids is 1. The molecule has 5 nitrogen and oxygen atoms in total. The molecule has 1 aliphatic carbocycles. The largest absolute Gasteiger partial charge is 0.465 e. The number of carbonyl (C=O) groups is 1. The minimum Gasteiger partial charge on any atom is -0.465 e. The number of hydrogen-bond acceptors (Lipinski definition) is 3. The van der Waals surface area contributed by atoms with Gasteiger partial charge in [0.1, 0.15) is 0 Å². The first-order valence-electron chi connectivity index (χ1n) is 9.36. The van der Waals surface area contributed by atoms with E-state index in [2.05, 4.69) is 17.1 Å². The van der Waals surface area contributed by atoms with Gasteiger partial charge in [-0.1, -0.05) is 18.6 Å². The highest BCUT2D eigenvalue weighted by Gasteiger charge is 2.43. The lowest BCUT2D eigenvalue weighted by molar-refractivity contribution is 0.0600. The quantitative estimate of drug-likeness (QED) is 0.507. The second kappa shape index (κ2) is 7.89. The van der Waals surface area contributed by atoms with Gasteiger partial charge in [-0.3, -0.25) is 4.99 Å². The van der Waals surface area contributed by atoms with E-state index in [0.29, 0.717) is 11.0 Å². The van der Waals surface area contributed by atoms with Crippen molar-refractivity contribution >= 4 is 11.9 Å². The molecule has 0 bridgehead atoms. The molecule has 0 atom stereocenters. The molecule has 0 radical (unpaired) electrons. The first kappa shape index (κ1) is 17.8. The van der Waals surface area contributed by atoms with Crippen LogP contribution in [-0.2, 0) is 11.2 Å². The van der Waals surface area contributed by atoms with Crippen molar-refractivity contribution in [2.45, 2.75) is 39.0 Å². The van der Waals surface area contributed by atoms with E-state index in [-0.39, 0.29) is 5.97 Å². The van der Waals surface area contributed by atoms with Crippen LogP contribution in [0.5, 0.6) is 0 Å². The van der Waals surface area contributed by atoms with Gasteiger partial charge in [-0.15, -0.1) is 0 Å². The number of benzene rings is 1. The van der Waals surface area contributed by atoms with Gasteiger partial charge in [0.05, 0.1) is 12.7 Å². The zero-order valence-corrected chi connectivity index (χ0v) is 15.4. The van der Waals surface area contributed by atoms with Gasteiger partial charge in [0.15, 0.2) is 5.96 Å². The van der Waals surface area contributed by atoms with Crippen LogP contribution in [0.1, 0.15) is 48.5 Å². The molecule has 0 amide bonds. The Hall–Kier alpha value is -2.04. The molecular weight excluding hydrogens is 314 g/mol. The zero-order valence-electron chi connectivity index (χ0n) is 15.4. The Labute approximate surface area is 150 Å². The second-order valence-corrected chi connectivity index (χ2v) is 7.20. The van der Waals surface area contributed by atoms with Gasteiger partial charge in [0.2, 0.25) is 0 Å². The third-order valence-electron chi connectivity index (χ3n) is 5.52. The predicted octanol–water partition coefficient (Wildman–Crippen LogP) is 2.86. The lowest BCUT2D eigenvalue weighted by Gasteiger charge is -2.38. The molecule has 1 saturated carbocycles. The van der Waals surface area contributed by atoms with Crippen molar-refractivity contribution in [3.8, 4) is 0 Å². The first-order chi connectivity index (χ1) is 12.2. The molecule has 1 aromatic carbocycles. The maximum atomic E-state index is 11.5. The number of rotatable bonds is 5. The molecule has 1 aromatic rings. The highest BCUT2D eigenvalue weighted by Crippen LogP contribution is 2.47. The van der Waals surface area contributed by atoms with Gasteiger partial charge in [-0.25, -0.2) is 4.79 Å². The molecule has 1 spiro atoms. The maximum absolute atomic E-state index is 11.5. The molecule has 1 N–H and O–H groups in total. The van der Waals surface area contributed by atoms with Crippen LogP contribution < -0.4 is 5.32 Å². The van der Waals surface area contributed by atoms with E-state index < -0.39 is 0 Å². The molecule has 136 valence electrons. The van der Waals surface area contributed by atoms with E-state index in [1.54, 1.807) is 0 Å². The van der Waals surface area contributed by atoms with Gasteiger partial charge in [-0.2, -0.15) is 0 Å². The average Bonchev–Trinajstić information content (AvgIpc) is 3.07. The molecule has 5 heteroatoms. The van der Waals surface area contributed by atoms with Crippen LogP contribution in [0, 0.1) is 5.41 Å². The highest BCUT2D eigenvalue weighted by molar-refractivity contribution is 5.89. The van der Waals surface area contributed by atoms with Gasteiger partial charge >= 0.3 is 5.97 Å². The van der Waals surface area contributed by atoms with E-state index in [1.807, 2.05) is 24.3 Å². The van der Waals surface area contributed by atoms with Crippen LogP contribution in [0.4, 0.5) is 0 Å². The standard InChI is InChI=1S/C20H29N3O2/c1-3-21-19(23-14-12-20(15-23)10-4-11-20)22-13-9-16-5-7-17(8-6-16)18(24)25-2/h5-8H,3-4,9-15H2,1-2H3,(H,21,22). The highest BCUT2D eigenvalue weighted by atomic mass is 16.5. The van der Waals surface area contributed by atoms with Gasteiger partial charge < -0.3 is 15.0 Å². The average molecular weight is 343 g/mol. The number of guanidine groups is 1. The fourth-order valence-electron chi connectivity index (χ4n) is 3.84. The number of likely N-dealkylation sites (tertiary alicyclic amines) is 1. The number of hydrogen-bond donors (Lipinski definition) is 1. The first-order valence-corrected chi connectivity index (χ1v) is 9.36. The fourth-order valence-corrected chi connectivity index (χ4v) is 3.84. The van der Waals surface area contributed by atoms with Crippen LogP contribution in [0.2, 0.25) is 0 Å². The van der Waals surface area contributed by atoms with Gasteiger partial charge in [-0.05, 0) is 55.7 Å². The minimum atomic E-state index is -0.294. The van der Waals surface area contributed by atoms with Gasteiger partial charge in [0.25, 0.3) is 0 Å². The third kappa shape index (κ3) is 4.14. The third-order valence-corrected chi connectivity index (χ3v) is 5.52. The number of nitrogens with zero attached hydrogens (tertiary/aromatic N) is 2. The molecule has 0 unspecified atom stereocenters. The van der Waals surface area contributed by atoms with E-state index in [4.69, 9.17) is 9.73 Å². The maximum Gasteiger partial charge on any atom is 0.337 e. The fraction of sp³-hybridized carbons (Fsp3) is 0.600. The Morgan fingerprint density at radius 3 is 2.60 bits per heavy atom. The van der Waals surface area contributed by atoms with Crippen LogP contribution >= 0.6 is 0 Å². The Kier molecular flexibility index (Phi) is 5.61. The van der Waals surface area contributed by atoms with Crippen LogP contribution in [0.3, 0.4) is 0 Å². The lowest BCUT2D eigenvalue weighted by Crippen LogP contribution is -2.42. The van der Waals surface area contributed by atoms with Crippen LogP contribution in [0.25, 0.3) is 0 Å². The van der Waals surface area contributed by atoms with Crippen molar-refractivity contribution in [2.75, 3.05) is 33.3 Å². The lowest BCUT2D eigenvalue weighted by atomic mass is 9.68. The zero-order chi connectivity index (χ0) is 17.7. The molecule has 1 saturated heterocycles. The molecule has 3 rings (SSSR count). The smallest absolute Gasteiger partial charge is 0.337 e. The Morgan fingerprint density at radius 2 is 2.04 bits per heavy atom. The number of esters is 1. The van der Waals surface area contributed by atoms with E-state index in [9.17, 15) is 4.79 Å². The predicted molar refractivity (Wildman–Crippen MR) is 99.9 cm³/mol. The summed E-state index contributed by atoms with van der Waals surface area (Å²) in [5.74, 6) is 0.760. The van der Waals surface area contributed by atoms with E-state index >= 15 is 0 Å². The van der Waals surface area contributed by atoms with Crippen molar-refractivity contribution in [3.05, 3.63) is 35.4 Å². The SMILES string of the molecule is CCNC(=NCCc1ccc(C(=O)OC)cc1)N1CCC2(CCC2)C1. The summed E-state index contributed by atoms with van der Waals surface area (Å²) < 4.78 is 4.73. The molecule has 1 heterocycles. The van der Waals surface area contributed by atoms with E-state index in [1.165, 1.54) is 38.4 Å². The number of ether oxygens (including phenoxy) is 1. The van der Waals surface area contributed by atoms with Crippen molar-refractivity contribution < 1.29 is 9.53 Å². The van der Waals surface area contributed by atoms with Gasteiger partial charge in [0, 0.05) is 26.2 Å². The van der Waals surface area contributed by atoms with Crippen molar-refractivity contribution in [2.24, 2.45) is 10.4 Å². The summed E-state index contributed by atoms with van der Waals surface area (Å²) in [6, 6.07) is 7.59. The Morgan fingerprint density at radius 1 is 1.28 bits per heavy atom. The monoisotopic (exact) mass is 343 g/mol. The summed E-state index contributed by atoms with van der Waals surface area (Å²) in [5, 5.41) is 3.44. The summed E-state index contributed by atoms with van der Waals surface area (Å²) in [6.45, 7) is 6.06.